The third kappa shape index (κ3) is 2.74. The third-order valence-electron chi connectivity index (χ3n) is 2.85. The molecule has 2 rings (SSSR count). The predicted molar refractivity (Wildman–Crippen MR) is 61.4 cm³/mol. The first-order valence-corrected chi connectivity index (χ1v) is 5.67. The summed E-state index contributed by atoms with van der Waals surface area (Å²) < 4.78 is 13.4. The van der Waals surface area contributed by atoms with Crippen LogP contribution in [0.1, 0.15) is 23.2 Å². The number of phenolic OH excluding ortho intramolecular Hbond substituents is 1. The highest BCUT2D eigenvalue weighted by Gasteiger charge is 2.20. The molecule has 0 radical (unpaired) electrons. The fourth-order valence-corrected chi connectivity index (χ4v) is 1.97. The number of hydrogen-bond acceptors (Lipinski definition) is 3. The average molecular weight is 238 g/mol. The summed E-state index contributed by atoms with van der Waals surface area (Å²) in [6, 6.07) is 3.82. The number of rotatable bonds is 2. The molecule has 0 spiro atoms. The Morgan fingerprint density at radius 3 is 3.00 bits per heavy atom. The lowest BCUT2D eigenvalue weighted by Crippen LogP contribution is -2.45. The van der Waals surface area contributed by atoms with Crippen molar-refractivity contribution in [3.8, 4) is 5.75 Å². The van der Waals surface area contributed by atoms with Crippen LogP contribution in [0.3, 0.4) is 0 Å². The first-order valence-electron chi connectivity index (χ1n) is 5.67. The van der Waals surface area contributed by atoms with E-state index in [0.29, 0.717) is 6.54 Å². The Morgan fingerprint density at radius 2 is 2.35 bits per heavy atom. The zero-order chi connectivity index (χ0) is 12.3. The Balaban J connectivity index is 2.08. The molecule has 0 aromatic heterocycles. The highest BCUT2D eigenvalue weighted by atomic mass is 19.1. The van der Waals surface area contributed by atoms with Crippen molar-refractivity contribution in [1.82, 2.24) is 10.6 Å². The van der Waals surface area contributed by atoms with E-state index in [1.165, 1.54) is 12.1 Å². The standard InChI is InChI=1S/C12H15FN2O2/c13-9-4-1-5-10(16)11(9)12(17)15-8-3-2-6-14-7-8/h1,4-5,8,14,16H,2-3,6-7H2,(H,15,17)/t8-/m0/s1. The minimum Gasteiger partial charge on any atom is -0.507 e. The molecule has 92 valence electrons. The van der Waals surface area contributed by atoms with E-state index in [1.807, 2.05) is 0 Å². The van der Waals surface area contributed by atoms with Crippen LogP contribution in [0.2, 0.25) is 0 Å². The van der Waals surface area contributed by atoms with Crippen molar-refractivity contribution < 1.29 is 14.3 Å². The van der Waals surface area contributed by atoms with Gasteiger partial charge in [0.25, 0.3) is 5.91 Å². The first-order chi connectivity index (χ1) is 8.18. The van der Waals surface area contributed by atoms with E-state index >= 15 is 0 Å². The Kier molecular flexibility index (Phi) is 3.58. The van der Waals surface area contributed by atoms with Crippen molar-refractivity contribution in [1.29, 1.82) is 0 Å². The molecule has 1 amide bonds. The summed E-state index contributed by atoms with van der Waals surface area (Å²) in [6.07, 6.45) is 1.85. The number of amides is 1. The van der Waals surface area contributed by atoms with Crippen LogP contribution in [-0.4, -0.2) is 30.1 Å². The van der Waals surface area contributed by atoms with E-state index in [4.69, 9.17) is 0 Å². The highest BCUT2D eigenvalue weighted by molar-refractivity contribution is 5.97. The Hall–Kier alpha value is -1.62. The monoisotopic (exact) mass is 238 g/mol. The van der Waals surface area contributed by atoms with E-state index < -0.39 is 11.7 Å². The molecule has 0 unspecified atom stereocenters. The van der Waals surface area contributed by atoms with Gasteiger partial charge in [-0.1, -0.05) is 6.07 Å². The van der Waals surface area contributed by atoms with Gasteiger partial charge in [0.2, 0.25) is 0 Å². The second kappa shape index (κ2) is 5.14. The van der Waals surface area contributed by atoms with Gasteiger partial charge in [-0.05, 0) is 31.5 Å². The van der Waals surface area contributed by atoms with Crippen molar-refractivity contribution in [2.75, 3.05) is 13.1 Å². The molecule has 1 aliphatic rings. The van der Waals surface area contributed by atoms with Crippen LogP contribution in [0.5, 0.6) is 5.75 Å². The smallest absolute Gasteiger partial charge is 0.258 e. The quantitative estimate of drug-likeness (QED) is 0.720. The van der Waals surface area contributed by atoms with Crippen LogP contribution in [0, 0.1) is 5.82 Å². The second-order valence-electron chi connectivity index (χ2n) is 4.15. The van der Waals surface area contributed by atoms with E-state index in [-0.39, 0.29) is 17.4 Å². The number of halogens is 1. The predicted octanol–water partition coefficient (Wildman–Crippen LogP) is 1.01. The summed E-state index contributed by atoms with van der Waals surface area (Å²) in [7, 11) is 0. The lowest BCUT2D eigenvalue weighted by atomic mass is 10.1. The largest absolute Gasteiger partial charge is 0.507 e. The SMILES string of the molecule is O=C(N[C@H]1CCCNC1)c1c(O)cccc1F. The van der Waals surface area contributed by atoms with Crippen LogP contribution in [0.25, 0.3) is 0 Å². The zero-order valence-corrected chi connectivity index (χ0v) is 9.37. The van der Waals surface area contributed by atoms with Gasteiger partial charge in [0, 0.05) is 12.6 Å². The van der Waals surface area contributed by atoms with Gasteiger partial charge in [0.05, 0.1) is 0 Å². The molecule has 1 saturated heterocycles. The molecular formula is C12H15FN2O2. The zero-order valence-electron chi connectivity index (χ0n) is 9.37. The maximum atomic E-state index is 13.4. The van der Waals surface area contributed by atoms with Crippen molar-refractivity contribution in [3.05, 3.63) is 29.6 Å². The molecule has 1 fully saturated rings. The number of nitrogens with one attached hydrogen (secondary N) is 2. The number of carbonyl (C=O) groups excluding carboxylic acids is 1. The minimum absolute atomic E-state index is 0.00439. The molecular weight excluding hydrogens is 223 g/mol. The molecule has 3 N–H and O–H groups in total. The molecule has 0 saturated carbocycles. The fourth-order valence-electron chi connectivity index (χ4n) is 1.97. The van der Waals surface area contributed by atoms with Crippen LogP contribution in [-0.2, 0) is 0 Å². The molecule has 1 atom stereocenters. The number of benzene rings is 1. The van der Waals surface area contributed by atoms with Gasteiger partial charge in [-0.2, -0.15) is 0 Å². The summed E-state index contributed by atoms with van der Waals surface area (Å²) in [5.74, 6) is -1.59. The van der Waals surface area contributed by atoms with Crippen molar-refractivity contribution in [2.45, 2.75) is 18.9 Å². The minimum atomic E-state index is -0.703. The normalized spacial score (nSPS) is 19.9. The summed E-state index contributed by atoms with van der Waals surface area (Å²) >= 11 is 0. The molecule has 1 aromatic carbocycles. The molecule has 4 nitrogen and oxygen atoms in total. The number of piperidine rings is 1. The second-order valence-corrected chi connectivity index (χ2v) is 4.15. The number of phenols is 1. The van der Waals surface area contributed by atoms with Gasteiger partial charge >= 0.3 is 0 Å². The molecule has 1 aromatic rings. The van der Waals surface area contributed by atoms with Gasteiger partial charge in [-0.15, -0.1) is 0 Å². The van der Waals surface area contributed by atoms with E-state index in [1.54, 1.807) is 0 Å². The van der Waals surface area contributed by atoms with Crippen LogP contribution < -0.4 is 10.6 Å². The fraction of sp³-hybridized carbons (Fsp3) is 0.417. The van der Waals surface area contributed by atoms with Gasteiger partial charge in [-0.3, -0.25) is 4.79 Å². The topological polar surface area (TPSA) is 61.4 Å². The molecule has 5 heteroatoms. The van der Waals surface area contributed by atoms with Gasteiger partial charge < -0.3 is 15.7 Å². The molecule has 0 aliphatic carbocycles. The third-order valence-corrected chi connectivity index (χ3v) is 2.85. The lowest BCUT2D eigenvalue weighted by Gasteiger charge is -2.24. The summed E-state index contributed by atoms with van der Waals surface area (Å²) in [5.41, 5.74) is -0.280. The summed E-state index contributed by atoms with van der Waals surface area (Å²) in [5, 5.41) is 15.3. The van der Waals surface area contributed by atoms with E-state index in [9.17, 15) is 14.3 Å². The van der Waals surface area contributed by atoms with Crippen molar-refractivity contribution in [3.63, 3.8) is 0 Å². The Bertz CT molecular complexity index is 397. The first kappa shape index (κ1) is 11.9. The van der Waals surface area contributed by atoms with Gasteiger partial charge in [-0.25, -0.2) is 4.39 Å². The Labute approximate surface area is 98.8 Å². The van der Waals surface area contributed by atoms with Crippen molar-refractivity contribution >= 4 is 5.91 Å². The Morgan fingerprint density at radius 1 is 1.53 bits per heavy atom. The van der Waals surface area contributed by atoms with Gasteiger partial charge in [0.15, 0.2) is 0 Å². The summed E-state index contributed by atoms with van der Waals surface area (Å²) in [4.78, 5) is 11.8. The number of carbonyl (C=O) groups is 1. The van der Waals surface area contributed by atoms with E-state index in [2.05, 4.69) is 10.6 Å². The number of aromatic hydroxyl groups is 1. The van der Waals surface area contributed by atoms with Crippen LogP contribution in [0.4, 0.5) is 4.39 Å². The van der Waals surface area contributed by atoms with Crippen molar-refractivity contribution in [2.24, 2.45) is 0 Å². The maximum absolute atomic E-state index is 13.4. The van der Waals surface area contributed by atoms with Crippen LogP contribution >= 0.6 is 0 Å². The average Bonchev–Trinajstić information content (AvgIpc) is 2.30. The van der Waals surface area contributed by atoms with E-state index in [0.717, 1.165) is 25.5 Å². The lowest BCUT2D eigenvalue weighted by molar-refractivity contribution is 0.0923. The van der Waals surface area contributed by atoms with Gasteiger partial charge in [0.1, 0.15) is 17.1 Å². The molecule has 1 aliphatic heterocycles. The molecule has 0 bridgehead atoms. The summed E-state index contributed by atoms with van der Waals surface area (Å²) in [6.45, 7) is 1.62. The number of hydrogen-bond donors (Lipinski definition) is 3. The molecule has 17 heavy (non-hydrogen) atoms. The molecule has 1 heterocycles. The maximum Gasteiger partial charge on any atom is 0.258 e. The highest BCUT2D eigenvalue weighted by Crippen LogP contribution is 2.19. The van der Waals surface area contributed by atoms with Crippen LogP contribution in [0.15, 0.2) is 18.2 Å².